The smallest absolute Gasteiger partial charge is 0.166 e. The molecule has 1 saturated carbocycles. The molecule has 1 aromatic rings. The lowest BCUT2D eigenvalue weighted by Crippen LogP contribution is -2.24. The van der Waals surface area contributed by atoms with E-state index in [0.717, 1.165) is 32.2 Å². The Morgan fingerprint density at radius 3 is 2.76 bits per heavy atom. The van der Waals surface area contributed by atoms with Gasteiger partial charge in [-0.3, -0.25) is 0 Å². The summed E-state index contributed by atoms with van der Waals surface area (Å²) in [5.41, 5.74) is 0. The van der Waals surface area contributed by atoms with Gasteiger partial charge >= 0.3 is 0 Å². The van der Waals surface area contributed by atoms with E-state index >= 15 is 0 Å². The average Bonchev–Trinajstić information content (AvgIpc) is 2.30. The van der Waals surface area contributed by atoms with E-state index in [1.165, 1.54) is 6.07 Å². The lowest BCUT2D eigenvalue weighted by molar-refractivity contribution is 0.111. The number of anilines is 1. The minimum atomic E-state index is -0.338. The van der Waals surface area contributed by atoms with E-state index in [4.69, 9.17) is 0 Å². The van der Waals surface area contributed by atoms with Crippen LogP contribution >= 0.6 is 15.9 Å². The molecule has 0 bridgehead atoms. The van der Waals surface area contributed by atoms with Gasteiger partial charge in [-0.05, 0) is 53.6 Å². The summed E-state index contributed by atoms with van der Waals surface area (Å²) in [5, 5.41) is 12.4. The van der Waals surface area contributed by atoms with Crippen molar-refractivity contribution in [3.63, 3.8) is 0 Å². The number of pyridine rings is 1. The first kappa shape index (κ1) is 12.8. The zero-order chi connectivity index (χ0) is 12.3. The number of aliphatic hydroxyl groups is 1. The molecule has 1 aliphatic carbocycles. The molecule has 0 saturated heterocycles. The molecule has 5 heteroatoms. The van der Waals surface area contributed by atoms with Crippen molar-refractivity contribution in [2.75, 3.05) is 11.9 Å². The molecule has 0 amide bonds. The van der Waals surface area contributed by atoms with Crippen LogP contribution in [0.25, 0.3) is 0 Å². The number of aromatic nitrogens is 1. The number of hydrogen-bond donors (Lipinski definition) is 2. The summed E-state index contributed by atoms with van der Waals surface area (Å²) in [6.45, 7) is 0.721. The van der Waals surface area contributed by atoms with E-state index in [1.54, 1.807) is 6.20 Å². The molecule has 1 aromatic heterocycles. The second-order valence-electron chi connectivity index (χ2n) is 4.54. The van der Waals surface area contributed by atoms with Gasteiger partial charge in [0, 0.05) is 17.2 Å². The Labute approximate surface area is 109 Å². The van der Waals surface area contributed by atoms with Gasteiger partial charge in [-0.1, -0.05) is 0 Å². The summed E-state index contributed by atoms with van der Waals surface area (Å²) in [7, 11) is 0. The van der Waals surface area contributed by atoms with Gasteiger partial charge in [0.15, 0.2) is 11.6 Å². The van der Waals surface area contributed by atoms with E-state index in [-0.39, 0.29) is 11.9 Å². The Morgan fingerprint density at radius 2 is 2.12 bits per heavy atom. The monoisotopic (exact) mass is 302 g/mol. The summed E-state index contributed by atoms with van der Waals surface area (Å²) < 4.78 is 14.1. The normalized spacial score (nSPS) is 24.6. The third kappa shape index (κ3) is 3.64. The Balaban J connectivity index is 1.85. The highest BCUT2D eigenvalue weighted by atomic mass is 79.9. The molecule has 2 N–H and O–H groups in total. The Hall–Kier alpha value is -0.680. The Morgan fingerprint density at radius 1 is 1.41 bits per heavy atom. The second kappa shape index (κ2) is 5.78. The van der Waals surface area contributed by atoms with Gasteiger partial charge in [-0.15, -0.1) is 0 Å². The minimum Gasteiger partial charge on any atom is -0.393 e. The molecular formula is C12H16BrFN2O. The van der Waals surface area contributed by atoms with Crippen LogP contribution in [0.4, 0.5) is 10.2 Å². The third-order valence-electron chi connectivity index (χ3n) is 3.18. The van der Waals surface area contributed by atoms with Crippen molar-refractivity contribution < 1.29 is 9.50 Å². The summed E-state index contributed by atoms with van der Waals surface area (Å²) in [4.78, 5) is 3.99. The molecule has 0 radical (unpaired) electrons. The first-order valence-corrected chi connectivity index (χ1v) is 6.67. The maximum Gasteiger partial charge on any atom is 0.166 e. The predicted octanol–water partition coefficient (Wildman–Crippen LogP) is 2.95. The predicted molar refractivity (Wildman–Crippen MR) is 68.3 cm³/mol. The van der Waals surface area contributed by atoms with E-state index in [1.807, 2.05) is 0 Å². The lowest BCUT2D eigenvalue weighted by atomic mass is 9.87. The van der Waals surface area contributed by atoms with Crippen LogP contribution in [-0.4, -0.2) is 22.7 Å². The van der Waals surface area contributed by atoms with E-state index in [9.17, 15) is 9.50 Å². The van der Waals surface area contributed by atoms with Crippen LogP contribution in [0.2, 0.25) is 0 Å². The molecule has 17 heavy (non-hydrogen) atoms. The number of nitrogens with zero attached hydrogens (tertiary/aromatic N) is 1. The van der Waals surface area contributed by atoms with Crippen LogP contribution in [-0.2, 0) is 0 Å². The number of halogens is 2. The largest absolute Gasteiger partial charge is 0.393 e. The molecule has 94 valence electrons. The first-order valence-electron chi connectivity index (χ1n) is 5.88. The molecule has 0 atom stereocenters. The molecule has 0 aliphatic heterocycles. The molecule has 1 heterocycles. The highest BCUT2D eigenvalue weighted by Crippen LogP contribution is 2.25. The fraction of sp³-hybridized carbons (Fsp3) is 0.583. The van der Waals surface area contributed by atoms with E-state index in [0.29, 0.717) is 16.2 Å². The highest BCUT2D eigenvalue weighted by Gasteiger charge is 2.19. The highest BCUT2D eigenvalue weighted by molar-refractivity contribution is 9.10. The van der Waals surface area contributed by atoms with Crippen molar-refractivity contribution in [1.29, 1.82) is 0 Å². The maximum atomic E-state index is 13.5. The fourth-order valence-electron chi connectivity index (χ4n) is 2.13. The standard InChI is InChI=1S/C12H16BrFN2O/c13-9-5-11(14)12(16-7-9)15-6-8-1-3-10(17)4-2-8/h5,7-8,10,17H,1-4,6H2,(H,15,16). The molecule has 3 nitrogen and oxygen atoms in total. The molecule has 0 aromatic carbocycles. The topological polar surface area (TPSA) is 45.1 Å². The Bertz CT molecular complexity index is 381. The van der Waals surface area contributed by atoms with Crippen molar-refractivity contribution >= 4 is 21.7 Å². The minimum absolute atomic E-state index is 0.145. The van der Waals surface area contributed by atoms with Gasteiger partial charge in [0.05, 0.1) is 6.10 Å². The summed E-state index contributed by atoms with van der Waals surface area (Å²) >= 11 is 3.17. The maximum absolute atomic E-state index is 13.5. The first-order chi connectivity index (χ1) is 8.15. The zero-order valence-corrected chi connectivity index (χ0v) is 11.1. The number of rotatable bonds is 3. The van der Waals surface area contributed by atoms with Crippen molar-refractivity contribution in [2.45, 2.75) is 31.8 Å². The van der Waals surface area contributed by atoms with Crippen LogP contribution in [0.15, 0.2) is 16.7 Å². The summed E-state index contributed by atoms with van der Waals surface area (Å²) in [6.07, 6.45) is 5.12. The van der Waals surface area contributed by atoms with E-state index < -0.39 is 0 Å². The summed E-state index contributed by atoms with van der Waals surface area (Å²) in [6, 6.07) is 1.40. The lowest BCUT2D eigenvalue weighted by Gasteiger charge is -2.25. The summed E-state index contributed by atoms with van der Waals surface area (Å²) in [5.74, 6) is 0.470. The quantitative estimate of drug-likeness (QED) is 0.902. The number of hydrogen-bond acceptors (Lipinski definition) is 3. The molecule has 1 aliphatic rings. The average molecular weight is 303 g/mol. The molecule has 2 rings (SSSR count). The van der Waals surface area contributed by atoms with Crippen LogP contribution < -0.4 is 5.32 Å². The van der Waals surface area contributed by atoms with Crippen LogP contribution in [0.5, 0.6) is 0 Å². The SMILES string of the molecule is OC1CCC(CNc2ncc(Br)cc2F)CC1. The van der Waals surface area contributed by atoms with Gasteiger partial charge in [-0.2, -0.15) is 0 Å². The van der Waals surface area contributed by atoms with Crippen molar-refractivity contribution in [3.8, 4) is 0 Å². The van der Waals surface area contributed by atoms with Crippen LogP contribution in [0.3, 0.4) is 0 Å². The third-order valence-corrected chi connectivity index (χ3v) is 3.62. The second-order valence-corrected chi connectivity index (χ2v) is 5.46. The van der Waals surface area contributed by atoms with Crippen LogP contribution in [0.1, 0.15) is 25.7 Å². The van der Waals surface area contributed by atoms with Crippen molar-refractivity contribution in [3.05, 3.63) is 22.6 Å². The van der Waals surface area contributed by atoms with Crippen molar-refractivity contribution in [2.24, 2.45) is 5.92 Å². The van der Waals surface area contributed by atoms with Gasteiger partial charge in [0.2, 0.25) is 0 Å². The van der Waals surface area contributed by atoms with Gasteiger partial charge < -0.3 is 10.4 Å². The fourth-order valence-corrected chi connectivity index (χ4v) is 2.44. The Kier molecular flexibility index (Phi) is 4.34. The molecule has 1 fully saturated rings. The van der Waals surface area contributed by atoms with Crippen molar-refractivity contribution in [1.82, 2.24) is 4.98 Å². The molecule has 0 spiro atoms. The van der Waals surface area contributed by atoms with E-state index in [2.05, 4.69) is 26.2 Å². The molecular weight excluding hydrogens is 287 g/mol. The van der Waals surface area contributed by atoms with Gasteiger partial charge in [-0.25, -0.2) is 9.37 Å². The van der Waals surface area contributed by atoms with Gasteiger partial charge in [0.1, 0.15) is 0 Å². The van der Waals surface area contributed by atoms with Crippen LogP contribution in [0, 0.1) is 11.7 Å². The number of aliphatic hydroxyl groups excluding tert-OH is 1. The molecule has 0 unspecified atom stereocenters. The zero-order valence-electron chi connectivity index (χ0n) is 9.50. The number of nitrogens with one attached hydrogen (secondary N) is 1. The van der Waals surface area contributed by atoms with Gasteiger partial charge in [0.25, 0.3) is 0 Å².